The number of nitrogens with one attached hydrogen (secondary N) is 1. The highest BCUT2D eigenvalue weighted by molar-refractivity contribution is 6.30. The van der Waals surface area contributed by atoms with Gasteiger partial charge >= 0.3 is 0 Å². The lowest BCUT2D eigenvalue weighted by molar-refractivity contribution is 0.102. The van der Waals surface area contributed by atoms with Gasteiger partial charge in [0.1, 0.15) is 11.5 Å². The number of hydrogen-bond acceptors (Lipinski definition) is 3. The Kier molecular flexibility index (Phi) is 5.69. The van der Waals surface area contributed by atoms with Gasteiger partial charge in [0.05, 0.1) is 11.3 Å². The van der Waals surface area contributed by atoms with Crippen LogP contribution in [0.4, 0.5) is 5.82 Å². The first-order valence-corrected chi connectivity index (χ1v) is 10.1. The van der Waals surface area contributed by atoms with E-state index in [1.165, 1.54) is 0 Å². The Bertz CT molecular complexity index is 1300. The van der Waals surface area contributed by atoms with E-state index in [4.69, 9.17) is 11.6 Å². The Morgan fingerprint density at radius 1 is 0.903 bits per heavy atom. The summed E-state index contributed by atoms with van der Waals surface area (Å²) in [6.45, 7) is 3.62. The maximum Gasteiger partial charge on any atom is 0.256 e. The van der Waals surface area contributed by atoms with Crippen LogP contribution in [0.3, 0.4) is 0 Å². The molecule has 31 heavy (non-hydrogen) atoms. The third-order valence-electron chi connectivity index (χ3n) is 4.93. The van der Waals surface area contributed by atoms with Crippen molar-refractivity contribution in [1.29, 1.82) is 0 Å². The number of halogens is 1. The fourth-order valence-electron chi connectivity index (χ4n) is 3.28. The molecule has 6 heteroatoms. The summed E-state index contributed by atoms with van der Waals surface area (Å²) in [6, 6.07) is 23.5. The first kappa shape index (κ1) is 20.6. The molecule has 4 rings (SSSR count). The average Bonchev–Trinajstić information content (AvgIpc) is 2.78. The second kappa shape index (κ2) is 8.58. The van der Waals surface area contributed by atoms with E-state index in [9.17, 15) is 9.59 Å². The number of hydrogen-bond donors (Lipinski definition) is 1. The Morgan fingerprint density at radius 2 is 1.55 bits per heavy atom. The Hall–Kier alpha value is -3.70. The second-order valence-corrected chi connectivity index (χ2v) is 7.65. The molecule has 5 nitrogen and oxygen atoms in total. The van der Waals surface area contributed by atoms with Crippen molar-refractivity contribution in [3.05, 3.63) is 111 Å². The topological polar surface area (TPSA) is 64.0 Å². The van der Waals surface area contributed by atoms with E-state index < -0.39 is 0 Å². The van der Waals surface area contributed by atoms with Gasteiger partial charge in [-0.2, -0.15) is 5.10 Å². The number of rotatable bonds is 4. The van der Waals surface area contributed by atoms with Gasteiger partial charge in [-0.25, -0.2) is 4.68 Å². The summed E-state index contributed by atoms with van der Waals surface area (Å²) < 4.78 is 1.57. The van der Waals surface area contributed by atoms with Crippen molar-refractivity contribution in [2.24, 2.45) is 0 Å². The molecule has 0 radical (unpaired) electrons. The maximum atomic E-state index is 13.1. The largest absolute Gasteiger partial charge is 0.306 e. The lowest BCUT2D eigenvalue weighted by Crippen LogP contribution is -2.24. The molecular formula is C25H20ClN3O2. The van der Waals surface area contributed by atoms with Crippen molar-refractivity contribution >= 4 is 23.3 Å². The molecule has 0 aliphatic rings. The third kappa shape index (κ3) is 4.27. The van der Waals surface area contributed by atoms with Crippen molar-refractivity contribution < 1.29 is 4.79 Å². The van der Waals surface area contributed by atoms with Gasteiger partial charge in [-0.15, -0.1) is 0 Å². The highest BCUT2D eigenvalue weighted by Gasteiger charge is 2.20. The molecule has 0 fully saturated rings. The zero-order chi connectivity index (χ0) is 22.0. The minimum Gasteiger partial charge on any atom is -0.306 e. The van der Waals surface area contributed by atoms with E-state index in [-0.39, 0.29) is 11.3 Å². The molecule has 0 saturated heterocycles. The highest BCUT2D eigenvalue weighted by Crippen LogP contribution is 2.28. The molecule has 0 atom stereocenters. The van der Waals surface area contributed by atoms with E-state index in [0.717, 1.165) is 5.56 Å². The fraction of sp³-hybridized carbons (Fsp3) is 0.0800. The van der Waals surface area contributed by atoms with Gasteiger partial charge in [0.25, 0.3) is 5.91 Å². The minimum atomic E-state index is -0.329. The van der Waals surface area contributed by atoms with Crippen LogP contribution >= 0.6 is 11.6 Å². The number of aryl methyl sites for hydroxylation is 2. The van der Waals surface area contributed by atoms with Crippen LogP contribution in [-0.2, 0) is 0 Å². The van der Waals surface area contributed by atoms with Crippen molar-refractivity contribution in [3.63, 3.8) is 0 Å². The van der Waals surface area contributed by atoms with Crippen molar-refractivity contribution in [2.45, 2.75) is 13.8 Å². The van der Waals surface area contributed by atoms with Gasteiger partial charge in [0.2, 0.25) is 5.43 Å². The number of anilines is 1. The SMILES string of the molecule is Cc1ccc(C(=O)Nc2c(-c3ccccc3)c(=O)c(C)nn2-c2ccc(Cl)cc2)cc1. The number of carbonyl (C=O) groups excluding carboxylic acids is 1. The Labute approximate surface area is 184 Å². The third-order valence-corrected chi connectivity index (χ3v) is 5.19. The molecule has 1 amide bonds. The van der Waals surface area contributed by atoms with E-state index in [2.05, 4.69) is 10.4 Å². The lowest BCUT2D eigenvalue weighted by Gasteiger charge is -2.18. The van der Waals surface area contributed by atoms with E-state index in [0.29, 0.717) is 38.9 Å². The predicted octanol–water partition coefficient (Wildman–Crippen LogP) is 5.42. The monoisotopic (exact) mass is 429 g/mol. The molecule has 1 heterocycles. The summed E-state index contributed by atoms with van der Waals surface area (Å²) >= 11 is 6.05. The molecule has 1 aromatic heterocycles. The molecule has 4 aromatic rings. The predicted molar refractivity (Wildman–Crippen MR) is 124 cm³/mol. The first-order chi connectivity index (χ1) is 14.9. The lowest BCUT2D eigenvalue weighted by atomic mass is 10.0. The van der Waals surface area contributed by atoms with E-state index in [1.807, 2.05) is 49.4 Å². The highest BCUT2D eigenvalue weighted by atomic mass is 35.5. The molecule has 0 aliphatic carbocycles. The minimum absolute atomic E-state index is 0.240. The van der Waals surface area contributed by atoms with Crippen LogP contribution in [0.2, 0.25) is 5.02 Å². The Morgan fingerprint density at radius 3 is 2.19 bits per heavy atom. The van der Waals surface area contributed by atoms with Crippen molar-refractivity contribution in [3.8, 4) is 16.8 Å². The summed E-state index contributed by atoms with van der Waals surface area (Å²) in [7, 11) is 0. The maximum absolute atomic E-state index is 13.1. The Balaban J connectivity index is 1.94. The van der Waals surface area contributed by atoms with Crippen molar-refractivity contribution in [1.82, 2.24) is 9.78 Å². The van der Waals surface area contributed by atoms with Gasteiger partial charge < -0.3 is 5.32 Å². The quantitative estimate of drug-likeness (QED) is 0.471. The van der Waals surface area contributed by atoms with Crippen molar-refractivity contribution in [2.75, 3.05) is 5.32 Å². The number of nitrogens with zero attached hydrogens (tertiary/aromatic N) is 2. The second-order valence-electron chi connectivity index (χ2n) is 7.21. The van der Waals surface area contributed by atoms with Gasteiger partial charge in [0.15, 0.2) is 0 Å². The van der Waals surface area contributed by atoms with E-state index in [1.54, 1.807) is 48.0 Å². The van der Waals surface area contributed by atoms with Gasteiger partial charge in [-0.3, -0.25) is 9.59 Å². The van der Waals surface area contributed by atoms with Crippen LogP contribution in [0.15, 0.2) is 83.7 Å². The molecule has 0 aliphatic heterocycles. The van der Waals surface area contributed by atoms with Crippen LogP contribution in [-0.4, -0.2) is 15.7 Å². The van der Waals surface area contributed by atoms with Crippen LogP contribution in [0.1, 0.15) is 21.6 Å². The molecule has 0 bridgehead atoms. The van der Waals surface area contributed by atoms with Crippen LogP contribution in [0, 0.1) is 13.8 Å². The fourth-order valence-corrected chi connectivity index (χ4v) is 3.41. The van der Waals surface area contributed by atoms with E-state index >= 15 is 0 Å². The van der Waals surface area contributed by atoms with Crippen LogP contribution in [0.5, 0.6) is 0 Å². The summed E-state index contributed by atoms with van der Waals surface area (Å²) in [5, 5.41) is 7.97. The summed E-state index contributed by atoms with van der Waals surface area (Å²) in [5.74, 6) is -0.0281. The van der Waals surface area contributed by atoms with Gasteiger partial charge in [0, 0.05) is 10.6 Å². The molecule has 0 spiro atoms. The molecule has 154 valence electrons. The number of carbonyl (C=O) groups is 1. The number of aromatic nitrogens is 2. The average molecular weight is 430 g/mol. The standard InChI is InChI=1S/C25H20ClN3O2/c1-16-8-10-19(11-9-16)25(31)27-24-22(18-6-4-3-5-7-18)23(30)17(2)28-29(24)21-14-12-20(26)13-15-21/h3-15H,1-2H3,(H,27,31). The summed E-state index contributed by atoms with van der Waals surface area (Å²) in [4.78, 5) is 26.2. The molecule has 3 aromatic carbocycles. The smallest absolute Gasteiger partial charge is 0.256 e. The zero-order valence-electron chi connectivity index (χ0n) is 17.1. The van der Waals surface area contributed by atoms with Gasteiger partial charge in [-0.05, 0) is 55.8 Å². The first-order valence-electron chi connectivity index (χ1n) is 9.77. The van der Waals surface area contributed by atoms with Gasteiger partial charge in [-0.1, -0.05) is 59.6 Å². The normalized spacial score (nSPS) is 10.7. The molecular weight excluding hydrogens is 410 g/mol. The zero-order valence-corrected chi connectivity index (χ0v) is 17.9. The summed E-state index contributed by atoms with van der Waals surface area (Å²) in [5.41, 5.74) is 3.36. The summed E-state index contributed by atoms with van der Waals surface area (Å²) in [6.07, 6.45) is 0. The molecule has 0 saturated carbocycles. The number of benzene rings is 3. The molecule has 0 unspecified atom stereocenters. The van der Waals surface area contributed by atoms with Crippen LogP contribution < -0.4 is 10.7 Å². The molecule has 1 N–H and O–H groups in total. The number of amides is 1. The van der Waals surface area contributed by atoms with Crippen LogP contribution in [0.25, 0.3) is 16.8 Å².